The lowest BCUT2D eigenvalue weighted by Crippen LogP contribution is -2.17. The molecular formula is C12H13BrClF. The van der Waals surface area contributed by atoms with Gasteiger partial charge in [0.25, 0.3) is 0 Å². The molecular weight excluding hydrogens is 278 g/mol. The average molecular weight is 292 g/mol. The van der Waals surface area contributed by atoms with Crippen LogP contribution in [0.5, 0.6) is 0 Å². The van der Waals surface area contributed by atoms with Gasteiger partial charge in [0.15, 0.2) is 0 Å². The second kappa shape index (κ2) is 4.06. The van der Waals surface area contributed by atoms with Gasteiger partial charge in [-0.05, 0) is 24.5 Å². The van der Waals surface area contributed by atoms with E-state index in [-0.39, 0.29) is 10.2 Å². The summed E-state index contributed by atoms with van der Waals surface area (Å²) < 4.78 is 13.2. The van der Waals surface area contributed by atoms with Crippen LogP contribution in [-0.2, 0) is 6.42 Å². The molecule has 0 radical (unpaired) electrons. The van der Waals surface area contributed by atoms with Crippen LogP contribution >= 0.6 is 27.5 Å². The molecule has 0 N–H and O–H groups in total. The van der Waals surface area contributed by atoms with Gasteiger partial charge in [0.05, 0.1) is 0 Å². The highest BCUT2D eigenvalue weighted by molar-refractivity contribution is 9.09. The lowest BCUT2D eigenvalue weighted by molar-refractivity contribution is 0.371. The minimum atomic E-state index is -0.663. The Kier molecular flexibility index (Phi) is 3.09. The SMILES string of the molecule is CC1(C(Br)Cc2ccccc2Cl)CC1F. The van der Waals surface area contributed by atoms with Crippen molar-refractivity contribution in [3.05, 3.63) is 34.9 Å². The van der Waals surface area contributed by atoms with Gasteiger partial charge in [0.2, 0.25) is 0 Å². The number of hydrogen-bond acceptors (Lipinski definition) is 0. The fourth-order valence-electron chi connectivity index (χ4n) is 1.74. The molecule has 3 atom stereocenters. The maximum atomic E-state index is 13.2. The van der Waals surface area contributed by atoms with Crippen LogP contribution in [0.15, 0.2) is 24.3 Å². The van der Waals surface area contributed by atoms with Gasteiger partial charge in [0, 0.05) is 15.3 Å². The summed E-state index contributed by atoms with van der Waals surface area (Å²) in [5.41, 5.74) is 0.889. The Bertz CT molecular complexity index is 368. The molecule has 82 valence electrons. The molecule has 15 heavy (non-hydrogen) atoms. The van der Waals surface area contributed by atoms with Crippen molar-refractivity contribution in [3.63, 3.8) is 0 Å². The van der Waals surface area contributed by atoms with E-state index in [1.165, 1.54) is 0 Å². The highest BCUT2D eigenvalue weighted by atomic mass is 79.9. The third-order valence-corrected chi connectivity index (χ3v) is 4.99. The van der Waals surface area contributed by atoms with Gasteiger partial charge in [-0.1, -0.05) is 52.7 Å². The molecule has 1 saturated carbocycles. The minimum absolute atomic E-state index is 0.167. The van der Waals surface area contributed by atoms with E-state index in [0.29, 0.717) is 6.42 Å². The highest BCUT2D eigenvalue weighted by Crippen LogP contribution is 2.54. The van der Waals surface area contributed by atoms with Gasteiger partial charge in [0.1, 0.15) is 6.17 Å². The molecule has 1 aromatic rings. The predicted octanol–water partition coefficient (Wildman–Crippen LogP) is 4.39. The summed E-state index contributed by atoms with van der Waals surface area (Å²) >= 11 is 9.63. The zero-order valence-corrected chi connectivity index (χ0v) is 10.9. The first-order valence-corrected chi connectivity index (χ1v) is 6.35. The van der Waals surface area contributed by atoms with Gasteiger partial charge in [-0.3, -0.25) is 0 Å². The van der Waals surface area contributed by atoms with Gasteiger partial charge in [-0.25, -0.2) is 4.39 Å². The Morgan fingerprint density at radius 2 is 2.20 bits per heavy atom. The molecule has 0 amide bonds. The van der Waals surface area contributed by atoms with E-state index < -0.39 is 6.17 Å². The van der Waals surface area contributed by atoms with E-state index in [2.05, 4.69) is 15.9 Å². The van der Waals surface area contributed by atoms with E-state index in [1.54, 1.807) is 0 Å². The maximum absolute atomic E-state index is 13.2. The summed E-state index contributed by atoms with van der Waals surface area (Å²) in [6, 6.07) is 7.74. The molecule has 0 aromatic heterocycles. The zero-order valence-electron chi connectivity index (χ0n) is 8.51. The van der Waals surface area contributed by atoms with E-state index >= 15 is 0 Å². The van der Waals surface area contributed by atoms with Crippen molar-refractivity contribution in [1.82, 2.24) is 0 Å². The van der Waals surface area contributed by atoms with Gasteiger partial charge in [-0.2, -0.15) is 0 Å². The van der Waals surface area contributed by atoms with Crippen LogP contribution < -0.4 is 0 Å². The first-order chi connectivity index (χ1) is 7.04. The Hall–Kier alpha value is -0.0800. The zero-order chi connectivity index (χ0) is 11.1. The monoisotopic (exact) mass is 290 g/mol. The quantitative estimate of drug-likeness (QED) is 0.724. The fraction of sp³-hybridized carbons (Fsp3) is 0.500. The summed E-state index contributed by atoms with van der Waals surface area (Å²) in [6.07, 6.45) is 0.786. The number of hydrogen-bond donors (Lipinski definition) is 0. The van der Waals surface area contributed by atoms with Crippen LogP contribution in [-0.4, -0.2) is 11.0 Å². The molecule has 2 rings (SSSR count). The molecule has 0 bridgehead atoms. The third-order valence-electron chi connectivity index (χ3n) is 3.25. The maximum Gasteiger partial charge on any atom is 0.107 e. The summed E-state index contributed by atoms with van der Waals surface area (Å²) in [6.45, 7) is 1.98. The molecule has 0 nitrogen and oxygen atoms in total. The lowest BCUT2D eigenvalue weighted by Gasteiger charge is -2.17. The largest absolute Gasteiger partial charge is 0.247 e. The molecule has 3 heteroatoms. The second-order valence-corrected chi connectivity index (χ2v) is 5.95. The second-order valence-electron chi connectivity index (χ2n) is 4.44. The number of rotatable bonds is 3. The first-order valence-electron chi connectivity index (χ1n) is 5.05. The molecule has 1 aromatic carbocycles. The Balaban J connectivity index is 2.07. The number of alkyl halides is 2. The standard InChI is InChI=1S/C12H13BrClF/c1-12(7-11(12)15)10(13)6-8-4-2-3-5-9(8)14/h2-5,10-11H,6-7H2,1H3. The first kappa shape index (κ1) is 11.4. The fourth-order valence-corrected chi connectivity index (χ4v) is 2.78. The lowest BCUT2D eigenvalue weighted by atomic mass is 9.98. The molecule has 1 aliphatic rings. The number of halogens is 3. The van der Waals surface area contributed by atoms with Crippen LogP contribution in [0.4, 0.5) is 4.39 Å². The van der Waals surface area contributed by atoms with Crippen molar-refractivity contribution in [2.75, 3.05) is 0 Å². The van der Waals surface area contributed by atoms with E-state index in [0.717, 1.165) is 17.0 Å². The van der Waals surface area contributed by atoms with Crippen LogP contribution in [0.1, 0.15) is 18.9 Å². The third kappa shape index (κ3) is 2.21. The van der Waals surface area contributed by atoms with Crippen LogP contribution in [0.2, 0.25) is 5.02 Å². The molecule has 0 heterocycles. The Morgan fingerprint density at radius 1 is 1.60 bits per heavy atom. The van der Waals surface area contributed by atoms with E-state index in [4.69, 9.17) is 11.6 Å². The van der Waals surface area contributed by atoms with Crippen molar-refractivity contribution < 1.29 is 4.39 Å². The predicted molar refractivity (Wildman–Crippen MR) is 65.5 cm³/mol. The van der Waals surface area contributed by atoms with Crippen molar-refractivity contribution >= 4 is 27.5 Å². The summed E-state index contributed by atoms with van der Waals surface area (Å²) in [5.74, 6) is 0. The van der Waals surface area contributed by atoms with Crippen molar-refractivity contribution in [2.24, 2.45) is 5.41 Å². The molecule has 3 unspecified atom stereocenters. The van der Waals surface area contributed by atoms with Gasteiger partial charge >= 0.3 is 0 Å². The molecule has 1 fully saturated rings. The molecule has 1 aliphatic carbocycles. The van der Waals surface area contributed by atoms with Crippen molar-refractivity contribution in [1.29, 1.82) is 0 Å². The molecule has 0 saturated heterocycles. The van der Waals surface area contributed by atoms with Crippen LogP contribution in [0.25, 0.3) is 0 Å². The highest BCUT2D eigenvalue weighted by Gasteiger charge is 2.55. The van der Waals surface area contributed by atoms with E-state index in [9.17, 15) is 4.39 Å². The Labute approximate surface area is 103 Å². The van der Waals surface area contributed by atoms with Gasteiger partial charge < -0.3 is 0 Å². The van der Waals surface area contributed by atoms with Crippen LogP contribution in [0, 0.1) is 5.41 Å². The van der Waals surface area contributed by atoms with E-state index in [1.807, 2.05) is 31.2 Å². The van der Waals surface area contributed by atoms with Crippen molar-refractivity contribution in [3.8, 4) is 0 Å². The van der Waals surface area contributed by atoms with Crippen molar-refractivity contribution in [2.45, 2.75) is 30.8 Å². The molecule has 0 aliphatic heterocycles. The summed E-state index contributed by atoms with van der Waals surface area (Å²) in [4.78, 5) is 0.167. The van der Waals surface area contributed by atoms with Gasteiger partial charge in [-0.15, -0.1) is 0 Å². The average Bonchev–Trinajstić information content (AvgIpc) is 2.80. The van der Waals surface area contributed by atoms with Crippen LogP contribution in [0.3, 0.4) is 0 Å². The smallest absolute Gasteiger partial charge is 0.107 e. The molecule has 0 spiro atoms. The summed E-state index contributed by atoms with van der Waals surface area (Å²) in [7, 11) is 0. The normalized spacial score (nSPS) is 31.3. The topological polar surface area (TPSA) is 0 Å². The summed E-state index contributed by atoms with van der Waals surface area (Å²) in [5, 5.41) is 0.765. The minimum Gasteiger partial charge on any atom is -0.247 e. The Morgan fingerprint density at radius 3 is 2.73 bits per heavy atom. The number of benzene rings is 1.